The predicted octanol–water partition coefficient (Wildman–Crippen LogP) is 1.13. The van der Waals surface area contributed by atoms with E-state index in [2.05, 4.69) is 20.4 Å². The first-order valence-corrected chi connectivity index (χ1v) is 6.30. The molecule has 7 heteroatoms. The minimum absolute atomic E-state index is 0.470. The maximum atomic E-state index is 5.69. The second kappa shape index (κ2) is 5.05. The van der Waals surface area contributed by atoms with Crippen LogP contribution in [0.25, 0.3) is 0 Å². The van der Waals surface area contributed by atoms with Crippen molar-refractivity contribution in [2.24, 2.45) is 7.05 Å². The SMILES string of the molecule is CSc1nc(N)cc(NCc2cnn(C)c2)n1. The highest BCUT2D eigenvalue weighted by Crippen LogP contribution is 2.15. The van der Waals surface area contributed by atoms with Crippen LogP contribution >= 0.6 is 11.8 Å². The number of hydrogen-bond acceptors (Lipinski definition) is 6. The summed E-state index contributed by atoms with van der Waals surface area (Å²) in [7, 11) is 1.89. The molecule has 0 aromatic carbocycles. The molecule has 0 bridgehead atoms. The van der Waals surface area contributed by atoms with Crippen molar-refractivity contribution < 1.29 is 0 Å². The van der Waals surface area contributed by atoms with E-state index in [1.54, 1.807) is 10.7 Å². The maximum Gasteiger partial charge on any atom is 0.191 e. The Balaban J connectivity index is 2.05. The van der Waals surface area contributed by atoms with Crippen LogP contribution in [-0.2, 0) is 13.6 Å². The third-order valence-corrected chi connectivity index (χ3v) is 2.69. The van der Waals surface area contributed by atoms with Crippen molar-refractivity contribution in [3.63, 3.8) is 0 Å². The van der Waals surface area contributed by atoms with Gasteiger partial charge in [-0.25, -0.2) is 9.97 Å². The Bertz CT molecular complexity index is 509. The predicted molar refractivity (Wildman–Crippen MR) is 68.8 cm³/mol. The number of aromatic nitrogens is 4. The summed E-state index contributed by atoms with van der Waals surface area (Å²) < 4.78 is 1.76. The van der Waals surface area contributed by atoms with Crippen LogP contribution in [0.1, 0.15) is 5.56 Å². The van der Waals surface area contributed by atoms with E-state index in [-0.39, 0.29) is 0 Å². The van der Waals surface area contributed by atoms with Crippen LogP contribution in [0.15, 0.2) is 23.6 Å². The van der Waals surface area contributed by atoms with Gasteiger partial charge in [-0.3, -0.25) is 4.68 Å². The molecule has 0 saturated carbocycles. The van der Waals surface area contributed by atoms with Crippen LogP contribution in [0.5, 0.6) is 0 Å². The van der Waals surface area contributed by atoms with Gasteiger partial charge in [0.25, 0.3) is 0 Å². The summed E-state index contributed by atoms with van der Waals surface area (Å²) in [4.78, 5) is 8.39. The van der Waals surface area contributed by atoms with E-state index in [9.17, 15) is 0 Å². The summed E-state index contributed by atoms with van der Waals surface area (Å²) in [6.45, 7) is 0.665. The first kappa shape index (κ1) is 11.7. The molecular weight excluding hydrogens is 236 g/mol. The summed E-state index contributed by atoms with van der Waals surface area (Å²) in [5.74, 6) is 1.20. The molecule has 0 aliphatic heterocycles. The van der Waals surface area contributed by atoms with Gasteiger partial charge in [-0.1, -0.05) is 11.8 Å². The Morgan fingerprint density at radius 1 is 1.47 bits per heavy atom. The zero-order valence-electron chi connectivity index (χ0n) is 9.71. The minimum Gasteiger partial charge on any atom is -0.383 e. The number of nitrogens with one attached hydrogen (secondary N) is 1. The normalized spacial score (nSPS) is 10.5. The zero-order chi connectivity index (χ0) is 12.3. The Morgan fingerprint density at radius 3 is 2.94 bits per heavy atom. The first-order chi connectivity index (χ1) is 8.17. The number of nitrogens with zero attached hydrogens (tertiary/aromatic N) is 4. The third-order valence-electron chi connectivity index (χ3n) is 2.14. The fourth-order valence-corrected chi connectivity index (χ4v) is 1.77. The van der Waals surface area contributed by atoms with E-state index < -0.39 is 0 Å². The highest BCUT2D eigenvalue weighted by atomic mass is 32.2. The molecule has 3 N–H and O–H groups in total. The monoisotopic (exact) mass is 250 g/mol. The van der Waals surface area contributed by atoms with Crippen LogP contribution in [0.2, 0.25) is 0 Å². The Kier molecular flexibility index (Phi) is 3.48. The van der Waals surface area contributed by atoms with Crippen LogP contribution in [0, 0.1) is 0 Å². The molecule has 90 valence electrons. The van der Waals surface area contributed by atoms with Crippen LogP contribution < -0.4 is 11.1 Å². The molecule has 0 saturated heterocycles. The lowest BCUT2D eigenvalue weighted by molar-refractivity contribution is 0.767. The molecular formula is C10H14N6S. The molecule has 0 fully saturated rings. The second-order valence-electron chi connectivity index (χ2n) is 3.54. The quantitative estimate of drug-likeness (QED) is 0.625. The van der Waals surface area contributed by atoms with Crippen molar-refractivity contribution in [3.8, 4) is 0 Å². The fraction of sp³-hybridized carbons (Fsp3) is 0.300. The Hall–Kier alpha value is -1.76. The summed E-state index contributed by atoms with van der Waals surface area (Å²) in [6, 6.07) is 1.72. The van der Waals surface area contributed by atoms with Gasteiger partial charge in [0.05, 0.1) is 6.20 Å². The maximum absolute atomic E-state index is 5.69. The van der Waals surface area contributed by atoms with Gasteiger partial charge in [-0.2, -0.15) is 5.10 Å². The molecule has 0 aliphatic rings. The molecule has 0 atom stereocenters. The smallest absolute Gasteiger partial charge is 0.191 e. The average molecular weight is 250 g/mol. The van der Waals surface area contributed by atoms with E-state index in [4.69, 9.17) is 5.73 Å². The highest BCUT2D eigenvalue weighted by Gasteiger charge is 2.02. The molecule has 0 aliphatic carbocycles. The molecule has 2 heterocycles. The van der Waals surface area contributed by atoms with E-state index in [1.807, 2.05) is 25.7 Å². The molecule has 0 spiro atoms. The van der Waals surface area contributed by atoms with Crippen molar-refractivity contribution >= 4 is 23.4 Å². The number of rotatable bonds is 4. The zero-order valence-corrected chi connectivity index (χ0v) is 10.5. The fourth-order valence-electron chi connectivity index (χ4n) is 1.38. The van der Waals surface area contributed by atoms with Crippen molar-refractivity contribution in [2.75, 3.05) is 17.3 Å². The van der Waals surface area contributed by atoms with Gasteiger partial charge in [0.1, 0.15) is 11.6 Å². The van der Waals surface area contributed by atoms with E-state index in [0.29, 0.717) is 17.5 Å². The summed E-state index contributed by atoms with van der Waals surface area (Å²) in [6.07, 6.45) is 5.68. The number of thioether (sulfide) groups is 1. The van der Waals surface area contributed by atoms with E-state index >= 15 is 0 Å². The molecule has 0 unspecified atom stereocenters. The van der Waals surface area contributed by atoms with Gasteiger partial charge in [0, 0.05) is 31.4 Å². The lowest BCUT2D eigenvalue weighted by atomic mass is 10.3. The lowest BCUT2D eigenvalue weighted by Crippen LogP contribution is -2.04. The average Bonchev–Trinajstić information content (AvgIpc) is 2.72. The van der Waals surface area contributed by atoms with Crippen molar-refractivity contribution in [1.29, 1.82) is 0 Å². The highest BCUT2D eigenvalue weighted by molar-refractivity contribution is 7.98. The van der Waals surface area contributed by atoms with Crippen molar-refractivity contribution in [2.45, 2.75) is 11.7 Å². The standard InChI is InChI=1S/C10H14N6S/c1-16-6-7(5-13-16)4-12-9-3-8(11)14-10(15-9)17-2/h3,5-6H,4H2,1-2H3,(H3,11,12,14,15). The number of nitrogen functional groups attached to an aromatic ring is 1. The van der Waals surface area contributed by atoms with Crippen LogP contribution in [0.3, 0.4) is 0 Å². The molecule has 2 aromatic rings. The first-order valence-electron chi connectivity index (χ1n) is 5.07. The molecule has 2 rings (SSSR count). The van der Waals surface area contributed by atoms with Crippen LogP contribution in [0.4, 0.5) is 11.6 Å². The van der Waals surface area contributed by atoms with E-state index in [0.717, 1.165) is 11.4 Å². The Labute approximate surface area is 104 Å². The molecule has 2 aromatic heterocycles. The van der Waals surface area contributed by atoms with Gasteiger partial charge < -0.3 is 11.1 Å². The van der Waals surface area contributed by atoms with Gasteiger partial charge in [-0.15, -0.1) is 0 Å². The van der Waals surface area contributed by atoms with Gasteiger partial charge in [0.2, 0.25) is 0 Å². The molecule has 0 amide bonds. The van der Waals surface area contributed by atoms with Gasteiger partial charge in [-0.05, 0) is 6.26 Å². The summed E-state index contributed by atoms with van der Waals surface area (Å²) >= 11 is 1.46. The lowest BCUT2D eigenvalue weighted by Gasteiger charge is -2.05. The molecule has 0 radical (unpaired) electrons. The largest absolute Gasteiger partial charge is 0.383 e. The van der Waals surface area contributed by atoms with Crippen molar-refractivity contribution in [3.05, 3.63) is 24.0 Å². The number of aryl methyl sites for hydroxylation is 1. The second-order valence-corrected chi connectivity index (χ2v) is 4.31. The number of hydrogen-bond donors (Lipinski definition) is 2. The number of anilines is 2. The third kappa shape index (κ3) is 3.10. The van der Waals surface area contributed by atoms with E-state index in [1.165, 1.54) is 11.8 Å². The molecule has 6 nitrogen and oxygen atoms in total. The van der Waals surface area contributed by atoms with Gasteiger partial charge in [0.15, 0.2) is 5.16 Å². The minimum atomic E-state index is 0.470. The van der Waals surface area contributed by atoms with Crippen LogP contribution in [-0.4, -0.2) is 26.0 Å². The molecule has 17 heavy (non-hydrogen) atoms. The summed E-state index contributed by atoms with van der Waals surface area (Å²) in [5, 5.41) is 7.95. The van der Waals surface area contributed by atoms with Crippen molar-refractivity contribution in [1.82, 2.24) is 19.7 Å². The summed E-state index contributed by atoms with van der Waals surface area (Å²) in [5.41, 5.74) is 6.78. The Morgan fingerprint density at radius 2 is 2.29 bits per heavy atom. The topological polar surface area (TPSA) is 81.6 Å². The van der Waals surface area contributed by atoms with Gasteiger partial charge >= 0.3 is 0 Å². The number of nitrogens with two attached hydrogens (primary N) is 1.